The molecule has 164 valence electrons. The number of aliphatic hydroxyl groups is 2. The third-order valence-corrected chi connectivity index (χ3v) is 4.75. The molecular formula is C22H28O8. The van der Waals surface area contributed by atoms with E-state index in [9.17, 15) is 20.1 Å². The number of aliphatic hydroxyl groups excluding tert-OH is 2. The van der Waals surface area contributed by atoms with E-state index in [0.717, 1.165) is 6.07 Å². The van der Waals surface area contributed by atoms with Gasteiger partial charge < -0.3 is 34.6 Å². The highest BCUT2D eigenvalue weighted by Crippen LogP contribution is 2.36. The van der Waals surface area contributed by atoms with Crippen LogP contribution in [0.5, 0.6) is 23.0 Å². The molecule has 30 heavy (non-hydrogen) atoms. The topological polar surface area (TPSA) is 126 Å². The van der Waals surface area contributed by atoms with Crippen LogP contribution in [0.3, 0.4) is 0 Å². The molecule has 1 atom stereocenters. The van der Waals surface area contributed by atoms with E-state index in [2.05, 4.69) is 0 Å². The van der Waals surface area contributed by atoms with Crippen molar-refractivity contribution < 1.29 is 39.4 Å². The summed E-state index contributed by atoms with van der Waals surface area (Å²) in [5.41, 5.74) is 1.35. The van der Waals surface area contributed by atoms with Gasteiger partial charge in [0.15, 0.2) is 17.3 Å². The van der Waals surface area contributed by atoms with Crippen LogP contribution in [-0.2, 0) is 17.6 Å². The Hall–Kier alpha value is -2.81. The van der Waals surface area contributed by atoms with Crippen molar-refractivity contribution in [3.05, 3.63) is 46.5 Å². The highest BCUT2D eigenvalue weighted by molar-refractivity contribution is 6.12. The van der Waals surface area contributed by atoms with Crippen molar-refractivity contribution in [3.8, 4) is 23.0 Å². The van der Waals surface area contributed by atoms with Gasteiger partial charge in [0, 0.05) is 11.6 Å². The second-order valence-electron chi connectivity index (χ2n) is 6.66. The highest BCUT2D eigenvalue weighted by atomic mass is 16.5. The van der Waals surface area contributed by atoms with Gasteiger partial charge in [-0.1, -0.05) is 6.92 Å². The molecule has 0 fully saturated rings. The minimum atomic E-state index is -0.999. The molecule has 0 aromatic heterocycles. The van der Waals surface area contributed by atoms with E-state index in [1.165, 1.54) is 20.3 Å². The van der Waals surface area contributed by atoms with Gasteiger partial charge in [0.25, 0.3) is 0 Å². The van der Waals surface area contributed by atoms with E-state index in [0.29, 0.717) is 29.0 Å². The Balaban J connectivity index is 2.44. The SMILES string of the molecule is CCc1c(O)cc(O)c(C(=O)c2ccc(OC)c(OC)c2)c1CCOCC(O)CO. The lowest BCUT2D eigenvalue weighted by atomic mass is 9.90. The average Bonchev–Trinajstić information content (AvgIpc) is 2.75. The number of methoxy groups -OCH3 is 2. The number of aromatic hydroxyl groups is 2. The molecule has 0 amide bonds. The summed E-state index contributed by atoms with van der Waals surface area (Å²) in [7, 11) is 2.95. The van der Waals surface area contributed by atoms with Gasteiger partial charge in [-0.05, 0) is 42.2 Å². The number of hydrogen-bond acceptors (Lipinski definition) is 8. The van der Waals surface area contributed by atoms with Gasteiger partial charge in [-0.2, -0.15) is 0 Å². The van der Waals surface area contributed by atoms with Crippen LogP contribution in [0.2, 0.25) is 0 Å². The molecule has 4 N–H and O–H groups in total. The largest absolute Gasteiger partial charge is 0.508 e. The van der Waals surface area contributed by atoms with E-state index >= 15 is 0 Å². The van der Waals surface area contributed by atoms with Crippen LogP contribution in [0, 0.1) is 0 Å². The zero-order chi connectivity index (χ0) is 22.3. The number of hydrogen-bond donors (Lipinski definition) is 4. The molecule has 2 aromatic rings. The summed E-state index contributed by atoms with van der Waals surface area (Å²) in [5.74, 6) is -0.0397. The maximum absolute atomic E-state index is 13.3. The van der Waals surface area contributed by atoms with Crippen molar-refractivity contribution in [3.63, 3.8) is 0 Å². The van der Waals surface area contributed by atoms with Gasteiger partial charge >= 0.3 is 0 Å². The molecule has 0 bridgehead atoms. The molecule has 0 saturated heterocycles. The van der Waals surface area contributed by atoms with Gasteiger partial charge in [0.1, 0.15) is 17.6 Å². The van der Waals surface area contributed by atoms with Gasteiger partial charge in [-0.15, -0.1) is 0 Å². The van der Waals surface area contributed by atoms with Gasteiger partial charge in [0.2, 0.25) is 0 Å². The minimum absolute atomic E-state index is 0.0677. The van der Waals surface area contributed by atoms with E-state index < -0.39 is 18.5 Å². The standard InChI is InChI=1S/C22H28O8/c1-4-15-16(7-8-30-12-14(24)11-23)21(18(26)10-17(15)25)22(27)13-5-6-19(28-2)20(9-13)29-3/h5-6,9-10,14,23-26H,4,7-8,11-12H2,1-3H3. The molecule has 1 unspecified atom stereocenters. The fourth-order valence-corrected chi connectivity index (χ4v) is 3.24. The minimum Gasteiger partial charge on any atom is -0.508 e. The highest BCUT2D eigenvalue weighted by Gasteiger charge is 2.24. The molecule has 0 spiro atoms. The lowest BCUT2D eigenvalue weighted by Crippen LogP contribution is -2.20. The number of rotatable bonds is 11. The Bertz CT molecular complexity index is 878. The second-order valence-corrected chi connectivity index (χ2v) is 6.66. The zero-order valence-electron chi connectivity index (χ0n) is 17.3. The van der Waals surface area contributed by atoms with Crippen molar-refractivity contribution in [1.29, 1.82) is 0 Å². The Morgan fingerprint density at radius 1 is 1.03 bits per heavy atom. The van der Waals surface area contributed by atoms with Crippen LogP contribution in [-0.4, -0.2) is 66.4 Å². The van der Waals surface area contributed by atoms with Crippen LogP contribution >= 0.6 is 0 Å². The molecule has 0 saturated carbocycles. The first-order chi connectivity index (χ1) is 14.4. The smallest absolute Gasteiger partial charge is 0.197 e. The summed E-state index contributed by atoms with van der Waals surface area (Å²) < 4.78 is 15.8. The van der Waals surface area contributed by atoms with E-state index in [-0.39, 0.29) is 42.3 Å². The Morgan fingerprint density at radius 3 is 2.33 bits per heavy atom. The monoisotopic (exact) mass is 420 g/mol. The average molecular weight is 420 g/mol. The number of benzene rings is 2. The molecule has 0 aliphatic heterocycles. The number of carbonyl (C=O) groups is 1. The molecule has 0 radical (unpaired) electrons. The second kappa shape index (κ2) is 10.8. The maximum Gasteiger partial charge on any atom is 0.197 e. The van der Waals surface area contributed by atoms with Gasteiger partial charge in [0.05, 0.1) is 39.6 Å². The first-order valence-corrected chi connectivity index (χ1v) is 9.57. The van der Waals surface area contributed by atoms with Crippen LogP contribution in [0.1, 0.15) is 34.0 Å². The number of ether oxygens (including phenoxy) is 3. The Morgan fingerprint density at radius 2 is 1.73 bits per heavy atom. The summed E-state index contributed by atoms with van der Waals surface area (Å²) in [6.45, 7) is 1.47. The number of carbonyl (C=O) groups excluding carboxylic acids is 1. The summed E-state index contributed by atoms with van der Waals surface area (Å²) in [6.07, 6.45) is -0.342. The molecule has 0 aliphatic rings. The normalized spacial score (nSPS) is 11.9. The van der Waals surface area contributed by atoms with Crippen LogP contribution in [0.4, 0.5) is 0 Å². The molecule has 0 heterocycles. The van der Waals surface area contributed by atoms with Crippen molar-refractivity contribution >= 4 is 5.78 Å². The number of phenolic OH excluding ortho intramolecular Hbond substituents is 2. The molecule has 0 aliphatic carbocycles. The molecule has 2 rings (SSSR count). The maximum atomic E-state index is 13.3. The Kier molecular flexibility index (Phi) is 8.46. The number of ketones is 1. The Labute approximate surface area is 175 Å². The first kappa shape index (κ1) is 23.5. The van der Waals surface area contributed by atoms with E-state index in [1.54, 1.807) is 12.1 Å². The number of phenols is 2. The fraction of sp³-hybridized carbons (Fsp3) is 0.409. The van der Waals surface area contributed by atoms with Gasteiger partial charge in [-0.25, -0.2) is 0 Å². The lowest BCUT2D eigenvalue weighted by molar-refractivity contribution is 0.00716. The summed E-state index contributed by atoms with van der Waals surface area (Å²) in [4.78, 5) is 13.3. The quantitative estimate of drug-likeness (QED) is 0.320. The summed E-state index contributed by atoms with van der Waals surface area (Å²) in [5, 5.41) is 39.0. The fourth-order valence-electron chi connectivity index (χ4n) is 3.24. The molecular weight excluding hydrogens is 392 g/mol. The van der Waals surface area contributed by atoms with Crippen LogP contribution < -0.4 is 9.47 Å². The van der Waals surface area contributed by atoms with Gasteiger partial charge in [-0.3, -0.25) is 4.79 Å². The van der Waals surface area contributed by atoms with Crippen LogP contribution in [0.15, 0.2) is 24.3 Å². The van der Waals surface area contributed by atoms with Crippen molar-refractivity contribution in [1.82, 2.24) is 0 Å². The van der Waals surface area contributed by atoms with Crippen molar-refractivity contribution in [2.24, 2.45) is 0 Å². The van der Waals surface area contributed by atoms with E-state index in [4.69, 9.17) is 19.3 Å². The predicted octanol–water partition coefficient (Wildman–Crippen LogP) is 1.82. The van der Waals surface area contributed by atoms with Crippen molar-refractivity contribution in [2.45, 2.75) is 25.9 Å². The zero-order valence-corrected chi connectivity index (χ0v) is 17.3. The first-order valence-electron chi connectivity index (χ1n) is 9.57. The lowest BCUT2D eigenvalue weighted by Gasteiger charge is -2.18. The molecule has 2 aromatic carbocycles. The summed E-state index contributed by atoms with van der Waals surface area (Å²) >= 11 is 0. The molecule has 8 nitrogen and oxygen atoms in total. The summed E-state index contributed by atoms with van der Waals surface area (Å²) in [6, 6.07) is 5.85. The van der Waals surface area contributed by atoms with E-state index in [1.807, 2.05) is 6.92 Å². The van der Waals surface area contributed by atoms with Crippen molar-refractivity contribution in [2.75, 3.05) is 34.0 Å². The third-order valence-electron chi connectivity index (χ3n) is 4.75. The molecule has 8 heteroatoms. The third kappa shape index (κ3) is 5.21. The van der Waals surface area contributed by atoms with Crippen LogP contribution in [0.25, 0.3) is 0 Å². The predicted molar refractivity (Wildman–Crippen MR) is 110 cm³/mol.